The van der Waals surface area contributed by atoms with E-state index in [-0.39, 0.29) is 5.78 Å². The van der Waals surface area contributed by atoms with Crippen LogP contribution in [0, 0.1) is 0 Å². The quantitative estimate of drug-likeness (QED) is 0.348. The van der Waals surface area contributed by atoms with E-state index in [0.717, 1.165) is 16.7 Å². The molecule has 2 heterocycles. The number of hydrogen-bond donors (Lipinski definition) is 0. The van der Waals surface area contributed by atoms with Crippen molar-refractivity contribution in [1.29, 1.82) is 0 Å². The Morgan fingerprint density at radius 2 is 2.04 bits per heavy atom. The molecule has 0 fully saturated rings. The van der Waals surface area contributed by atoms with E-state index in [1.165, 1.54) is 17.4 Å². The molecule has 0 unspecified atom stereocenters. The number of halogens is 2. The Balaban J connectivity index is 1.94. The van der Waals surface area contributed by atoms with E-state index in [4.69, 9.17) is 27.9 Å². The fourth-order valence-electron chi connectivity index (χ4n) is 2.09. The van der Waals surface area contributed by atoms with E-state index in [1.807, 2.05) is 24.3 Å². The Bertz CT molecular complexity index is 918. The second kappa shape index (κ2) is 6.71. The Kier molecular flexibility index (Phi) is 4.66. The Labute approximate surface area is 147 Å². The molecule has 23 heavy (non-hydrogen) atoms. The van der Waals surface area contributed by atoms with Crippen LogP contribution >= 0.6 is 34.5 Å². The summed E-state index contributed by atoms with van der Waals surface area (Å²) in [6.45, 7) is 0. The van der Waals surface area contributed by atoms with Crippen LogP contribution in [-0.4, -0.2) is 17.9 Å². The smallest absolute Gasteiger partial charge is 0.195 e. The van der Waals surface area contributed by atoms with Crippen molar-refractivity contribution in [3.8, 4) is 5.75 Å². The number of ketones is 1. The van der Waals surface area contributed by atoms with Gasteiger partial charge in [0.2, 0.25) is 0 Å². The molecule has 0 spiro atoms. The van der Waals surface area contributed by atoms with Crippen LogP contribution in [0.5, 0.6) is 5.75 Å². The molecule has 6 heteroatoms. The molecule has 0 amide bonds. The third-order valence-corrected chi connectivity index (χ3v) is 4.78. The minimum Gasteiger partial charge on any atom is -0.497 e. The standard InChI is InChI=1S/C17H11Cl2NO2S/c1-22-12-3-4-13-11(9-12)8-10(17(19)20-13)2-5-14(21)15-6-7-16(18)23-15/h2-9H,1H3/b5-2+. The normalized spacial score (nSPS) is 11.3. The highest BCUT2D eigenvalue weighted by Gasteiger charge is 2.07. The maximum absolute atomic E-state index is 12.1. The number of aromatic nitrogens is 1. The monoisotopic (exact) mass is 363 g/mol. The number of nitrogens with zero attached hydrogens (tertiary/aromatic N) is 1. The molecule has 0 saturated carbocycles. The zero-order valence-electron chi connectivity index (χ0n) is 12.0. The van der Waals surface area contributed by atoms with Crippen LogP contribution in [0.2, 0.25) is 9.49 Å². The summed E-state index contributed by atoms with van der Waals surface area (Å²) in [6, 6.07) is 10.8. The van der Waals surface area contributed by atoms with Crippen molar-refractivity contribution in [3.05, 3.63) is 62.4 Å². The van der Waals surface area contributed by atoms with E-state index in [2.05, 4.69) is 4.98 Å². The minimum atomic E-state index is -0.122. The van der Waals surface area contributed by atoms with Crippen LogP contribution in [0.4, 0.5) is 0 Å². The summed E-state index contributed by atoms with van der Waals surface area (Å²) in [5, 5.41) is 1.23. The number of carbonyl (C=O) groups is 1. The van der Waals surface area contributed by atoms with Gasteiger partial charge in [0.1, 0.15) is 10.9 Å². The van der Waals surface area contributed by atoms with Crippen molar-refractivity contribution in [1.82, 2.24) is 4.98 Å². The molecule has 3 rings (SSSR count). The van der Waals surface area contributed by atoms with E-state index >= 15 is 0 Å². The molecule has 2 aromatic heterocycles. The Hall–Kier alpha value is -1.88. The van der Waals surface area contributed by atoms with Gasteiger partial charge in [-0.3, -0.25) is 4.79 Å². The van der Waals surface area contributed by atoms with E-state index in [9.17, 15) is 4.79 Å². The van der Waals surface area contributed by atoms with Crippen molar-refractivity contribution < 1.29 is 9.53 Å². The number of fused-ring (bicyclic) bond motifs is 1. The maximum atomic E-state index is 12.1. The van der Waals surface area contributed by atoms with E-state index < -0.39 is 0 Å². The van der Waals surface area contributed by atoms with Crippen molar-refractivity contribution in [2.45, 2.75) is 0 Å². The molecule has 0 saturated heterocycles. The summed E-state index contributed by atoms with van der Waals surface area (Å²) >= 11 is 13.3. The lowest BCUT2D eigenvalue weighted by molar-refractivity contribution is 0.105. The lowest BCUT2D eigenvalue weighted by atomic mass is 10.1. The molecule has 3 nitrogen and oxygen atoms in total. The number of methoxy groups -OCH3 is 1. The predicted molar refractivity (Wildman–Crippen MR) is 96.0 cm³/mol. The molecule has 3 aromatic rings. The second-order valence-corrected chi connectivity index (χ2v) is 6.80. The molecule has 0 aliphatic carbocycles. The topological polar surface area (TPSA) is 39.2 Å². The van der Waals surface area contributed by atoms with Crippen molar-refractivity contribution >= 4 is 57.3 Å². The van der Waals surface area contributed by atoms with Gasteiger partial charge >= 0.3 is 0 Å². The zero-order valence-corrected chi connectivity index (χ0v) is 14.4. The molecule has 0 bridgehead atoms. The molecule has 0 atom stereocenters. The first kappa shape index (κ1) is 16.0. The third kappa shape index (κ3) is 3.55. The van der Waals surface area contributed by atoms with Crippen LogP contribution in [-0.2, 0) is 0 Å². The lowest BCUT2D eigenvalue weighted by Gasteiger charge is -2.04. The highest BCUT2D eigenvalue weighted by atomic mass is 35.5. The molecule has 116 valence electrons. The van der Waals surface area contributed by atoms with Gasteiger partial charge in [0.15, 0.2) is 5.78 Å². The average molecular weight is 364 g/mol. The average Bonchev–Trinajstić information content (AvgIpc) is 2.98. The van der Waals surface area contributed by atoms with Crippen molar-refractivity contribution in [3.63, 3.8) is 0 Å². The third-order valence-electron chi connectivity index (χ3n) is 3.23. The van der Waals surface area contributed by atoms with E-state index in [0.29, 0.717) is 19.9 Å². The van der Waals surface area contributed by atoms with Crippen molar-refractivity contribution in [2.75, 3.05) is 7.11 Å². The summed E-state index contributed by atoms with van der Waals surface area (Å²) in [7, 11) is 1.61. The van der Waals surface area contributed by atoms with Crippen LogP contribution in [0.15, 0.2) is 42.5 Å². The summed E-state index contributed by atoms with van der Waals surface area (Å²) < 4.78 is 5.79. The fraction of sp³-hybridized carbons (Fsp3) is 0.0588. The maximum Gasteiger partial charge on any atom is 0.195 e. The van der Waals surface area contributed by atoms with Crippen LogP contribution in [0.1, 0.15) is 15.2 Å². The predicted octanol–water partition coefficient (Wildman–Crippen LogP) is 5.51. The van der Waals surface area contributed by atoms with Gasteiger partial charge in [-0.05, 0) is 48.6 Å². The first-order valence-corrected chi connectivity index (χ1v) is 8.26. The summed E-state index contributed by atoms with van der Waals surface area (Å²) in [4.78, 5) is 17.0. The Morgan fingerprint density at radius 1 is 1.22 bits per heavy atom. The minimum absolute atomic E-state index is 0.122. The van der Waals surface area contributed by atoms with Gasteiger partial charge in [-0.1, -0.05) is 23.2 Å². The molecule has 1 aromatic carbocycles. The number of ether oxygens (including phenoxy) is 1. The van der Waals surface area contributed by atoms with Gasteiger partial charge in [-0.25, -0.2) is 4.98 Å². The molecule has 0 aliphatic heterocycles. The van der Waals surface area contributed by atoms with Crippen LogP contribution in [0.3, 0.4) is 0 Å². The summed E-state index contributed by atoms with van der Waals surface area (Å²) in [6.07, 6.45) is 3.13. The summed E-state index contributed by atoms with van der Waals surface area (Å²) in [5.41, 5.74) is 1.44. The molecular formula is C17H11Cl2NO2S. The van der Waals surface area contributed by atoms with E-state index in [1.54, 1.807) is 25.3 Å². The number of rotatable bonds is 4. The van der Waals surface area contributed by atoms with Crippen molar-refractivity contribution in [2.24, 2.45) is 0 Å². The largest absolute Gasteiger partial charge is 0.497 e. The fourth-order valence-corrected chi connectivity index (χ4v) is 3.26. The number of pyridine rings is 1. The first-order valence-electron chi connectivity index (χ1n) is 6.69. The molecule has 0 radical (unpaired) electrons. The lowest BCUT2D eigenvalue weighted by Crippen LogP contribution is -1.90. The number of thiophene rings is 1. The van der Waals surface area contributed by atoms with Gasteiger partial charge in [-0.2, -0.15) is 0 Å². The van der Waals surface area contributed by atoms with Gasteiger partial charge < -0.3 is 4.74 Å². The number of carbonyl (C=O) groups excluding carboxylic acids is 1. The molecule has 0 N–H and O–H groups in total. The van der Waals surface area contributed by atoms with Gasteiger partial charge in [-0.15, -0.1) is 11.3 Å². The number of benzene rings is 1. The van der Waals surface area contributed by atoms with Gasteiger partial charge in [0.25, 0.3) is 0 Å². The Morgan fingerprint density at radius 3 is 2.74 bits per heavy atom. The molecule has 0 aliphatic rings. The highest BCUT2D eigenvalue weighted by Crippen LogP contribution is 2.26. The zero-order chi connectivity index (χ0) is 16.4. The van der Waals surface area contributed by atoms with Gasteiger partial charge in [0, 0.05) is 10.9 Å². The second-order valence-electron chi connectivity index (χ2n) is 4.73. The number of allylic oxidation sites excluding steroid dienone is 1. The summed E-state index contributed by atoms with van der Waals surface area (Å²) in [5.74, 6) is 0.615. The SMILES string of the molecule is COc1ccc2nc(Cl)c(/C=C/C(=O)c3ccc(Cl)s3)cc2c1. The number of hydrogen-bond acceptors (Lipinski definition) is 4. The van der Waals surface area contributed by atoms with Gasteiger partial charge in [0.05, 0.1) is 21.8 Å². The van der Waals surface area contributed by atoms with Crippen LogP contribution in [0.25, 0.3) is 17.0 Å². The molecular weight excluding hydrogens is 353 g/mol. The highest BCUT2D eigenvalue weighted by molar-refractivity contribution is 7.18. The first-order chi connectivity index (χ1) is 11.1. The van der Waals surface area contributed by atoms with Crippen LogP contribution < -0.4 is 4.74 Å².